The Morgan fingerprint density at radius 1 is 1.29 bits per heavy atom. The van der Waals surface area contributed by atoms with Crippen LogP contribution in [0.2, 0.25) is 0 Å². The summed E-state index contributed by atoms with van der Waals surface area (Å²) in [5, 5.41) is 0. The van der Waals surface area contributed by atoms with Gasteiger partial charge in [-0.2, -0.15) is 0 Å². The summed E-state index contributed by atoms with van der Waals surface area (Å²) in [7, 11) is -1.72. The molecule has 0 saturated carbocycles. The van der Waals surface area contributed by atoms with Crippen molar-refractivity contribution in [3.8, 4) is 11.5 Å². The van der Waals surface area contributed by atoms with E-state index < -0.39 is 14.6 Å². The molecule has 7 heteroatoms. The van der Waals surface area contributed by atoms with Gasteiger partial charge in [0.2, 0.25) is 0 Å². The fourth-order valence-electron chi connectivity index (χ4n) is 1.51. The second kappa shape index (κ2) is 6.62. The fraction of sp³-hybridized carbons (Fsp3) is 0.500. The summed E-state index contributed by atoms with van der Waals surface area (Å²) in [4.78, 5) is 0.259. The summed E-state index contributed by atoms with van der Waals surface area (Å²) < 4.78 is 33.9. The van der Waals surface area contributed by atoms with Crippen LogP contribution in [0.5, 0.6) is 11.5 Å². The number of thiocarbonyl (C=S) groups is 1. The van der Waals surface area contributed by atoms with Crippen LogP contribution >= 0.6 is 12.2 Å². The van der Waals surface area contributed by atoms with Crippen LogP contribution in [0.15, 0.2) is 18.2 Å². The zero-order valence-corrected chi connectivity index (χ0v) is 14.3. The molecule has 0 heterocycles. The summed E-state index contributed by atoms with van der Waals surface area (Å²) in [6.45, 7) is 5.06. The Morgan fingerprint density at radius 3 is 2.38 bits per heavy atom. The van der Waals surface area contributed by atoms with Crippen molar-refractivity contribution in [1.82, 2.24) is 0 Å². The van der Waals surface area contributed by atoms with Gasteiger partial charge in [-0.05, 0) is 39.0 Å². The lowest BCUT2D eigenvalue weighted by Gasteiger charge is -2.19. The number of hydrogen-bond acceptors (Lipinski definition) is 5. The molecule has 21 heavy (non-hydrogen) atoms. The van der Waals surface area contributed by atoms with E-state index in [2.05, 4.69) is 0 Å². The molecule has 0 aliphatic heterocycles. The van der Waals surface area contributed by atoms with Crippen LogP contribution in [0, 0.1) is 0 Å². The first-order chi connectivity index (χ1) is 9.58. The number of methoxy groups -OCH3 is 1. The molecule has 0 aromatic heterocycles. The molecule has 0 amide bonds. The Morgan fingerprint density at radius 2 is 1.90 bits per heavy atom. The highest BCUT2D eigenvalue weighted by Crippen LogP contribution is 2.28. The lowest BCUT2D eigenvalue weighted by molar-refractivity contribution is 0.311. The van der Waals surface area contributed by atoms with E-state index in [-0.39, 0.29) is 17.3 Å². The van der Waals surface area contributed by atoms with Crippen LogP contribution in [0.3, 0.4) is 0 Å². The molecule has 5 nitrogen and oxygen atoms in total. The first-order valence-electron chi connectivity index (χ1n) is 6.41. The Bertz CT molecular complexity index is 618. The lowest BCUT2D eigenvalue weighted by Crippen LogP contribution is -2.32. The summed E-state index contributed by atoms with van der Waals surface area (Å²) in [6.07, 6.45) is 0. The molecule has 1 aromatic rings. The summed E-state index contributed by atoms with van der Waals surface area (Å²) in [5.41, 5.74) is 6.21. The average Bonchev–Trinajstić information content (AvgIpc) is 2.37. The van der Waals surface area contributed by atoms with E-state index >= 15 is 0 Å². The Kier molecular flexibility index (Phi) is 5.58. The minimum absolute atomic E-state index is 0.0579. The first-order valence-corrected chi connectivity index (χ1v) is 8.47. The molecule has 0 aliphatic rings. The van der Waals surface area contributed by atoms with Gasteiger partial charge in [0.05, 0.1) is 17.6 Å². The molecule has 0 bridgehead atoms. The van der Waals surface area contributed by atoms with Crippen LogP contribution in [0.1, 0.15) is 26.3 Å². The van der Waals surface area contributed by atoms with Crippen LogP contribution < -0.4 is 15.2 Å². The maximum absolute atomic E-state index is 12.0. The smallest absolute Gasteiger partial charge is 0.161 e. The number of benzene rings is 1. The summed E-state index contributed by atoms with van der Waals surface area (Å²) in [6, 6.07) is 5.03. The van der Waals surface area contributed by atoms with E-state index in [1.54, 1.807) is 39.0 Å². The molecule has 0 spiro atoms. The predicted molar refractivity (Wildman–Crippen MR) is 87.9 cm³/mol. The van der Waals surface area contributed by atoms with Crippen molar-refractivity contribution in [2.24, 2.45) is 5.73 Å². The molecular formula is C14H21NO4S2. The van der Waals surface area contributed by atoms with Crippen molar-refractivity contribution in [1.29, 1.82) is 0 Å². The van der Waals surface area contributed by atoms with Crippen LogP contribution in [0.4, 0.5) is 0 Å². The summed E-state index contributed by atoms with van der Waals surface area (Å²) >= 11 is 4.89. The second-order valence-corrected chi connectivity index (χ2v) is 8.81. The van der Waals surface area contributed by atoms with Gasteiger partial charge in [0.25, 0.3) is 0 Å². The van der Waals surface area contributed by atoms with E-state index in [4.69, 9.17) is 27.4 Å². The maximum Gasteiger partial charge on any atom is 0.161 e. The molecule has 0 saturated heterocycles. The van der Waals surface area contributed by atoms with E-state index in [0.29, 0.717) is 17.1 Å². The Balaban J connectivity index is 2.79. The quantitative estimate of drug-likeness (QED) is 0.802. The van der Waals surface area contributed by atoms with Gasteiger partial charge in [0.15, 0.2) is 21.3 Å². The molecular weight excluding hydrogens is 310 g/mol. The molecule has 0 fully saturated rings. The van der Waals surface area contributed by atoms with Crippen LogP contribution in [-0.2, 0) is 9.84 Å². The van der Waals surface area contributed by atoms with Gasteiger partial charge < -0.3 is 15.2 Å². The van der Waals surface area contributed by atoms with Gasteiger partial charge in [0, 0.05) is 5.56 Å². The summed E-state index contributed by atoms with van der Waals surface area (Å²) in [5.74, 6) is 0.867. The van der Waals surface area contributed by atoms with E-state index in [9.17, 15) is 8.42 Å². The number of hydrogen-bond donors (Lipinski definition) is 1. The van der Waals surface area contributed by atoms with Gasteiger partial charge >= 0.3 is 0 Å². The molecule has 0 radical (unpaired) electrons. The molecule has 1 rings (SSSR count). The average molecular weight is 331 g/mol. The number of sulfone groups is 1. The first kappa shape index (κ1) is 17.7. The highest BCUT2D eigenvalue weighted by atomic mass is 32.2. The highest BCUT2D eigenvalue weighted by molar-refractivity contribution is 7.92. The third kappa shape index (κ3) is 4.57. The number of ether oxygens (including phenoxy) is 2. The van der Waals surface area contributed by atoms with E-state index in [0.717, 1.165) is 0 Å². The second-order valence-electron chi connectivity index (χ2n) is 5.51. The van der Waals surface area contributed by atoms with Crippen molar-refractivity contribution in [3.63, 3.8) is 0 Å². The minimum atomic E-state index is -3.22. The van der Waals surface area contributed by atoms with Crippen molar-refractivity contribution in [3.05, 3.63) is 23.8 Å². The maximum atomic E-state index is 12.0. The van der Waals surface area contributed by atoms with Crippen molar-refractivity contribution < 1.29 is 17.9 Å². The minimum Gasteiger partial charge on any atom is -0.493 e. The predicted octanol–water partition coefficient (Wildman–Crippen LogP) is 1.92. The van der Waals surface area contributed by atoms with Gasteiger partial charge in [-0.25, -0.2) is 8.42 Å². The fourth-order valence-corrected chi connectivity index (χ4v) is 2.55. The van der Waals surface area contributed by atoms with Gasteiger partial charge in [-0.15, -0.1) is 0 Å². The zero-order valence-electron chi connectivity index (χ0n) is 12.7. The molecule has 0 aliphatic carbocycles. The van der Waals surface area contributed by atoms with Gasteiger partial charge in [-0.3, -0.25) is 0 Å². The Hall–Kier alpha value is -1.34. The van der Waals surface area contributed by atoms with Crippen molar-refractivity contribution in [2.75, 3.05) is 19.5 Å². The monoisotopic (exact) mass is 331 g/mol. The van der Waals surface area contributed by atoms with Crippen LogP contribution in [0.25, 0.3) is 0 Å². The lowest BCUT2D eigenvalue weighted by atomic mass is 10.2. The molecule has 118 valence electrons. The zero-order chi connectivity index (χ0) is 16.3. The molecule has 0 unspecified atom stereocenters. The Labute approximate surface area is 131 Å². The van der Waals surface area contributed by atoms with Gasteiger partial charge in [0.1, 0.15) is 11.6 Å². The molecule has 1 aromatic carbocycles. The molecule has 2 N–H and O–H groups in total. The standard InChI is InChI=1S/C14H21NO4S2/c1-14(2,3)21(16,17)8-7-19-11-6-5-10(13(15)20)9-12(11)18-4/h5-6,9H,7-8H2,1-4H3,(H2,15,20). The van der Waals surface area contributed by atoms with Crippen molar-refractivity contribution >= 4 is 27.0 Å². The normalized spacial score (nSPS) is 12.0. The third-order valence-electron chi connectivity index (χ3n) is 2.99. The third-order valence-corrected chi connectivity index (χ3v) is 5.80. The topological polar surface area (TPSA) is 78.6 Å². The number of rotatable bonds is 6. The van der Waals surface area contributed by atoms with Crippen molar-refractivity contribution in [2.45, 2.75) is 25.5 Å². The van der Waals surface area contributed by atoms with E-state index in [1.165, 1.54) is 7.11 Å². The SMILES string of the molecule is COc1cc(C(N)=S)ccc1OCCS(=O)(=O)C(C)(C)C. The molecule has 0 atom stereocenters. The van der Waals surface area contributed by atoms with Gasteiger partial charge in [-0.1, -0.05) is 12.2 Å². The van der Waals surface area contributed by atoms with E-state index in [1.807, 2.05) is 0 Å². The van der Waals surface area contributed by atoms with Crippen LogP contribution in [-0.4, -0.2) is 37.6 Å². The number of nitrogens with two attached hydrogens (primary N) is 1. The largest absolute Gasteiger partial charge is 0.493 e. The highest BCUT2D eigenvalue weighted by Gasteiger charge is 2.28.